The number of carbonyl (C=O) groups is 1. The summed E-state index contributed by atoms with van der Waals surface area (Å²) < 4.78 is 27.7. The summed E-state index contributed by atoms with van der Waals surface area (Å²) in [7, 11) is 1.47. The molecule has 2 heterocycles. The monoisotopic (exact) mass is 225 g/mol. The Labute approximate surface area is 80.2 Å². The van der Waals surface area contributed by atoms with Gasteiger partial charge in [0.1, 0.15) is 0 Å². The normalized spacial score (nSPS) is 34.7. The first kappa shape index (κ1) is 9.23. The zero-order valence-electron chi connectivity index (χ0n) is 6.64. The number of halogens is 1. The number of hydrogen-bond acceptors (Lipinski definition) is 4. The van der Waals surface area contributed by atoms with E-state index in [1.165, 1.54) is 0 Å². The van der Waals surface area contributed by atoms with Crippen LogP contribution in [0, 0.1) is 11.8 Å². The first-order chi connectivity index (χ1) is 5.98. The van der Waals surface area contributed by atoms with Gasteiger partial charge in [-0.3, -0.25) is 4.79 Å². The van der Waals surface area contributed by atoms with Crippen LogP contribution < -0.4 is 0 Å². The fourth-order valence-corrected chi connectivity index (χ4v) is 2.79. The molecule has 2 aliphatic heterocycles. The molecule has 2 aliphatic rings. The summed E-state index contributed by atoms with van der Waals surface area (Å²) in [5.41, 5.74) is 0. The summed E-state index contributed by atoms with van der Waals surface area (Å²) in [4.78, 5) is 11.0. The Morgan fingerprint density at radius 2 is 2.15 bits per heavy atom. The van der Waals surface area contributed by atoms with Crippen molar-refractivity contribution in [3.05, 3.63) is 0 Å². The van der Waals surface area contributed by atoms with Gasteiger partial charge in [0, 0.05) is 29.7 Å². The van der Waals surface area contributed by atoms with E-state index < -0.39 is 9.24 Å². The average Bonchev–Trinajstić information content (AvgIpc) is 2.51. The van der Waals surface area contributed by atoms with Gasteiger partial charge in [-0.05, 0) is 0 Å². The Morgan fingerprint density at radius 3 is 2.69 bits per heavy atom. The largest absolute Gasteiger partial charge is 0.465 e. The van der Waals surface area contributed by atoms with Gasteiger partial charge in [-0.2, -0.15) is 12.7 Å². The molecule has 0 aromatic heterocycles. The lowest BCUT2D eigenvalue weighted by atomic mass is 10.0. The molecule has 0 radical (unpaired) electrons. The molecule has 2 saturated heterocycles. The van der Waals surface area contributed by atoms with Crippen LogP contribution in [0.1, 0.15) is 0 Å². The van der Waals surface area contributed by atoms with Gasteiger partial charge >= 0.3 is 5.97 Å². The van der Waals surface area contributed by atoms with Crippen LogP contribution in [-0.2, 0) is 18.8 Å². The maximum atomic E-state index is 11.0. The molecule has 74 valence electrons. The first-order valence-corrected chi connectivity index (χ1v) is 6.11. The maximum absolute atomic E-state index is 11.0. The highest BCUT2D eigenvalue weighted by Crippen LogP contribution is 2.32. The molecule has 0 spiro atoms. The third-order valence-corrected chi connectivity index (χ3v) is 3.96. The Kier molecular flexibility index (Phi) is 2.01. The number of ether oxygens (including phenoxy) is 1. The van der Waals surface area contributed by atoms with E-state index in [-0.39, 0.29) is 24.3 Å². The first-order valence-electron chi connectivity index (χ1n) is 3.85. The van der Waals surface area contributed by atoms with E-state index in [1.807, 2.05) is 0 Å². The van der Waals surface area contributed by atoms with Crippen molar-refractivity contribution in [1.29, 1.82) is 0 Å². The van der Waals surface area contributed by atoms with Crippen molar-refractivity contribution < 1.29 is 17.9 Å². The van der Waals surface area contributed by atoms with Gasteiger partial charge in [0.25, 0.3) is 9.24 Å². The van der Waals surface area contributed by atoms with Gasteiger partial charge in [0.15, 0.2) is 0 Å². The van der Waals surface area contributed by atoms with E-state index in [4.69, 9.17) is 15.4 Å². The van der Waals surface area contributed by atoms with Gasteiger partial charge < -0.3 is 4.74 Å². The van der Waals surface area contributed by atoms with Gasteiger partial charge in [-0.15, -0.1) is 0 Å². The molecular formula is C6H8ClNO4S. The summed E-state index contributed by atoms with van der Waals surface area (Å²) in [6.45, 7) is 0.768. The van der Waals surface area contributed by atoms with Crippen molar-refractivity contribution in [2.45, 2.75) is 0 Å². The zero-order chi connectivity index (χ0) is 9.64. The highest BCUT2D eigenvalue weighted by Gasteiger charge is 2.46. The van der Waals surface area contributed by atoms with Crippen molar-refractivity contribution in [2.24, 2.45) is 11.8 Å². The lowest BCUT2D eigenvalue weighted by Gasteiger charge is -2.10. The van der Waals surface area contributed by atoms with Crippen LogP contribution in [-0.4, -0.2) is 38.4 Å². The fraction of sp³-hybridized carbons (Fsp3) is 0.833. The molecule has 2 rings (SSSR count). The topological polar surface area (TPSA) is 63.7 Å². The second-order valence-corrected chi connectivity index (χ2v) is 5.77. The molecule has 0 aliphatic carbocycles. The summed E-state index contributed by atoms with van der Waals surface area (Å²) in [5, 5.41) is 0. The van der Waals surface area contributed by atoms with Crippen LogP contribution >= 0.6 is 10.7 Å². The van der Waals surface area contributed by atoms with E-state index in [0.29, 0.717) is 13.2 Å². The molecule has 13 heavy (non-hydrogen) atoms. The van der Waals surface area contributed by atoms with Crippen molar-refractivity contribution in [1.82, 2.24) is 4.31 Å². The van der Waals surface area contributed by atoms with Gasteiger partial charge in [-0.25, -0.2) is 0 Å². The predicted octanol–water partition coefficient (Wildman–Crippen LogP) is -0.425. The molecule has 2 fully saturated rings. The number of cyclic esters (lactones) is 1. The molecule has 2 atom stereocenters. The van der Waals surface area contributed by atoms with Crippen molar-refractivity contribution in [2.75, 3.05) is 19.7 Å². The van der Waals surface area contributed by atoms with E-state index in [2.05, 4.69) is 0 Å². The highest BCUT2D eigenvalue weighted by atomic mass is 35.7. The molecule has 0 saturated carbocycles. The number of esters is 1. The minimum Gasteiger partial charge on any atom is -0.465 e. The molecule has 7 heteroatoms. The van der Waals surface area contributed by atoms with Gasteiger partial charge in [0.2, 0.25) is 0 Å². The second-order valence-electron chi connectivity index (χ2n) is 3.26. The molecule has 5 nitrogen and oxygen atoms in total. The van der Waals surface area contributed by atoms with Gasteiger partial charge in [-0.1, -0.05) is 0 Å². The van der Waals surface area contributed by atoms with Crippen molar-refractivity contribution >= 4 is 25.9 Å². The smallest absolute Gasteiger partial charge is 0.310 e. The number of fused-ring (bicyclic) bond motifs is 1. The molecular weight excluding hydrogens is 218 g/mol. The quantitative estimate of drug-likeness (QED) is 0.449. The predicted molar refractivity (Wildman–Crippen MR) is 44.3 cm³/mol. The van der Waals surface area contributed by atoms with Crippen LogP contribution in [0.5, 0.6) is 0 Å². The van der Waals surface area contributed by atoms with Crippen molar-refractivity contribution in [3.63, 3.8) is 0 Å². The van der Waals surface area contributed by atoms with E-state index in [0.717, 1.165) is 4.31 Å². The highest BCUT2D eigenvalue weighted by molar-refractivity contribution is 8.11. The number of nitrogens with zero attached hydrogens (tertiary/aromatic N) is 1. The maximum Gasteiger partial charge on any atom is 0.310 e. The lowest BCUT2D eigenvalue weighted by molar-refractivity contribution is -0.141. The minimum absolute atomic E-state index is 0.0129. The zero-order valence-corrected chi connectivity index (χ0v) is 8.21. The molecule has 0 unspecified atom stereocenters. The van der Waals surface area contributed by atoms with E-state index in [9.17, 15) is 13.2 Å². The van der Waals surface area contributed by atoms with Crippen molar-refractivity contribution in [3.8, 4) is 0 Å². The van der Waals surface area contributed by atoms with E-state index in [1.54, 1.807) is 0 Å². The third kappa shape index (κ3) is 1.53. The minimum atomic E-state index is -3.67. The summed E-state index contributed by atoms with van der Waals surface area (Å²) in [5.74, 6) is -0.637. The standard InChI is InChI=1S/C6H8ClNO4S/c7-13(10,11)8-1-4-3-12-6(9)5(4)2-8/h4-5H,1-3H2/t4-,5-/m1/s1. The Hall–Kier alpha value is -0.330. The Bertz CT molecular complexity index is 341. The molecule has 0 bridgehead atoms. The number of hydrogen-bond donors (Lipinski definition) is 0. The Balaban J connectivity index is 2.15. The van der Waals surface area contributed by atoms with Crippen LogP contribution in [0.2, 0.25) is 0 Å². The molecule has 0 aromatic rings. The van der Waals surface area contributed by atoms with E-state index >= 15 is 0 Å². The van der Waals surface area contributed by atoms with Crippen LogP contribution in [0.25, 0.3) is 0 Å². The third-order valence-electron chi connectivity index (χ3n) is 2.46. The lowest BCUT2D eigenvalue weighted by Crippen LogP contribution is -2.27. The van der Waals surface area contributed by atoms with Crippen LogP contribution in [0.4, 0.5) is 0 Å². The SMILES string of the molecule is O=C1OC[C@H]2CN(S(=O)(=O)Cl)C[C@@H]12. The fourth-order valence-electron chi connectivity index (χ4n) is 1.74. The summed E-state index contributed by atoms with van der Waals surface area (Å²) in [6.07, 6.45) is 0. The molecule has 0 aromatic carbocycles. The van der Waals surface area contributed by atoms with Gasteiger partial charge in [0.05, 0.1) is 12.5 Å². The second kappa shape index (κ2) is 2.83. The van der Waals surface area contributed by atoms with Crippen LogP contribution in [0.15, 0.2) is 0 Å². The Morgan fingerprint density at radius 1 is 1.46 bits per heavy atom. The number of rotatable bonds is 1. The summed E-state index contributed by atoms with van der Waals surface area (Å²) in [6, 6.07) is 0. The summed E-state index contributed by atoms with van der Waals surface area (Å²) >= 11 is 0. The average molecular weight is 226 g/mol. The van der Waals surface area contributed by atoms with Crippen LogP contribution in [0.3, 0.4) is 0 Å². The molecule has 0 N–H and O–H groups in total. The molecule has 0 amide bonds. The number of carbonyl (C=O) groups excluding carboxylic acids is 1.